The molecule has 1 unspecified atom stereocenters. The molecule has 0 nitrogen and oxygen atoms in total. The first kappa shape index (κ1) is 12.8. The summed E-state index contributed by atoms with van der Waals surface area (Å²) in [5.41, 5.74) is 1.46. The van der Waals surface area contributed by atoms with Gasteiger partial charge in [0, 0.05) is 5.33 Å². The molecule has 84 valence electrons. The Morgan fingerprint density at radius 1 is 1.07 bits per heavy atom. The molecule has 0 amide bonds. The second-order valence-electron chi connectivity index (χ2n) is 4.68. The van der Waals surface area contributed by atoms with Gasteiger partial charge in [0.15, 0.2) is 0 Å². The van der Waals surface area contributed by atoms with Crippen LogP contribution in [0.3, 0.4) is 0 Å². The summed E-state index contributed by atoms with van der Waals surface area (Å²) in [6.07, 6.45) is 3.87. The van der Waals surface area contributed by atoms with E-state index in [2.05, 4.69) is 60.1 Å². The Bertz CT molecular complexity index is 253. The van der Waals surface area contributed by atoms with Gasteiger partial charge in [-0.15, -0.1) is 0 Å². The zero-order valence-electron chi connectivity index (χ0n) is 9.75. The van der Waals surface area contributed by atoms with Crippen molar-refractivity contribution in [3.63, 3.8) is 0 Å². The number of hydrogen-bond donors (Lipinski definition) is 0. The maximum Gasteiger partial charge on any atom is 0.00628 e. The van der Waals surface area contributed by atoms with Crippen molar-refractivity contribution in [2.45, 2.75) is 33.1 Å². The number of alkyl halides is 1. The van der Waals surface area contributed by atoms with Crippen molar-refractivity contribution in [3.8, 4) is 0 Å². The highest BCUT2D eigenvalue weighted by atomic mass is 79.9. The van der Waals surface area contributed by atoms with Crippen LogP contribution in [0.15, 0.2) is 30.3 Å². The topological polar surface area (TPSA) is 0 Å². The quantitative estimate of drug-likeness (QED) is 0.658. The lowest BCUT2D eigenvalue weighted by atomic mass is 9.93. The predicted molar refractivity (Wildman–Crippen MR) is 71.5 cm³/mol. The standard InChI is InChI=1S/C14H21Br/c1-12(2)8-9-14(11-15)10-13-6-4-3-5-7-13/h3-7,12,14H,8-11H2,1-2H3. The van der Waals surface area contributed by atoms with E-state index >= 15 is 0 Å². The van der Waals surface area contributed by atoms with Crippen LogP contribution in [0.5, 0.6) is 0 Å². The van der Waals surface area contributed by atoms with Gasteiger partial charge >= 0.3 is 0 Å². The van der Waals surface area contributed by atoms with Gasteiger partial charge in [-0.2, -0.15) is 0 Å². The molecule has 1 aromatic rings. The summed E-state index contributed by atoms with van der Waals surface area (Å²) in [5, 5.41) is 1.12. The lowest BCUT2D eigenvalue weighted by molar-refractivity contribution is 0.455. The Hall–Kier alpha value is -0.300. The molecular formula is C14H21Br. The summed E-state index contributed by atoms with van der Waals surface area (Å²) in [5.74, 6) is 1.61. The second-order valence-corrected chi connectivity index (χ2v) is 5.33. The van der Waals surface area contributed by atoms with E-state index in [0.29, 0.717) is 0 Å². The van der Waals surface area contributed by atoms with Crippen molar-refractivity contribution >= 4 is 15.9 Å². The van der Waals surface area contributed by atoms with Crippen LogP contribution in [0.1, 0.15) is 32.3 Å². The van der Waals surface area contributed by atoms with Crippen molar-refractivity contribution in [1.82, 2.24) is 0 Å². The van der Waals surface area contributed by atoms with Crippen LogP contribution < -0.4 is 0 Å². The molecule has 0 radical (unpaired) electrons. The van der Waals surface area contributed by atoms with Crippen molar-refractivity contribution in [2.24, 2.45) is 11.8 Å². The molecule has 0 aliphatic heterocycles. The number of hydrogen-bond acceptors (Lipinski definition) is 0. The average molecular weight is 269 g/mol. The molecule has 0 aliphatic rings. The highest BCUT2D eigenvalue weighted by Crippen LogP contribution is 2.19. The van der Waals surface area contributed by atoms with Crippen molar-refractivity contribution < 1.29 is 0 Å². The fourth-order valence-corrected chi connectivity index (χ4v) is 2.30. The van der Waals surface area contributed by atoms with Gasteiger partial charge in [-0.25, -0.2) is 0 Å². The van der Waals surface area contributed by atoms with Gasteiger partial charge in [0.25, 0.3) is 0 Å². The Labute approximate surface area is 102 Å². The molecule has 1 heteroatoms. The summed E-state index contributed by atoms with van der Waals surface area (Å²) in [7, 11) is 0. The monoisotopic (exact) mass is 268 g/mol. The van der Waals surface area contributed by atoms with E-state index < -0.39 is 0 Å². The minimum absolute atomic E-state index is 0.787. The van der Waals surface area contributed by atoms with Gasteiger partial charge in [-0.3, -0.25) is 0 Å². The summed E-state index contributed by atoms with van der Waals surface area (Å²) in [6.45, 7) is 4.60. The zero-order chi connectivity index (χ0) is 11.1. The molecule has 0 saturated carbocycles. The first-order chi connectivity index (χ1) is 7.22. The largest absolute Gasteiger partial charge is 0.0925 e. The average Bonchev–Trinajstić information content (AvgIpc) is 2.25. The van der Waals surface area contributed by atoms with Crippen LogP contribution in [-0.4, -0.2) is 5.33 Å². The van der Waals surface area contributed by atoms with Crippen molar-refractivity contribution in [2.75, 3.05) is 5.33 Å². The van der Waals surface area contributed by atoms with E-state index in [-0.39, 0.29) is 0 Å². The normalized spacial score (nSPS) is 13.1. The van der Waals surface area contributed by atoms with Crippen LogP contribution in [0, 0.1) is 11.8 Å². The Morgan fingerprint density at radius 2 is 1.73 bits per heavy atom. The van der Waals surface area contributed by atoms with Gasteiger partial charge in [-0.05, 0) is 30.2 Å². The van der Waals surface area contributed by atoms with Gasteiger partial charge in [0.2, 0.25) is 0 Å². The third kappa shape index (κ3) is 5.36. The molecule has 0 N–H and O–H groups in total. The maximum absolute atomic E-state index is 3.62. The zero-order valence-corrected chi connectivity index (χ0v) is 11.3. The molecule has 0 aliphatic carbocycles. The van der Waals surface area contributed by atoms with Crippen molar-refractivity contribution in [3.05, 3.63) is 35.9 Å². The number of rotatable bonds is 6. The highest BCUT2D eigenvalue weighted by molar-refractivity contribution is 9.09. The fraction of sp³-hybridized carbons (Fsp3) is 0.571. The molecular weight excluding hydrogens is 248 g/mol. The summed E-state index contributed by atoms with van der Waals surface area (Å²) < 4.78 is 0. The lowest BCUT2D eigenvalue weighted by Crippen LogP contribution is -2.07. The third-order valence-corrected chi connectivity index (χ3v) is 3.65. The Morgan fingerprint density at radius 3 is 2.27 bits per heavy atom. The molecule has 0 heterocycles. The molecule has 0 saturated heterocycles. The van der Waals surface area contributed by atoms with Gasteiger partial charge < -0.3 is 0 Å². The maximum atomic E-state index is 3.62. The predicted octanol–water partition coefficient (Wildman–Crippen LogP) is 4.68. The van der Waals surface area contributed by atoms with Crippen LogP contribution >= 0.6 is 15.9 Å². The van der Waals surface area contributed by atoms with Gasteiger partial charge in [0.1, 0.15) is 0 Å². The highest BCUT2D eigenvalue weighted by Gasteiger charge is 2.08. The third-order valence-electron chi connectivity index (χ3n) is 2.74. The first-order valence-corrected chi connectivity index (χ1v) is 6.94. The second kappa shape index (κ2) is 7.05. The summed E-state index contributed by atoms with van der Waals surface area (Å²) in [4.78, 5) is 0. The van der Waals surface area contributed by atoms with Gasteiger partial charge in [-0.1, -0.05) is 66.5 Å². The lowest BCUT2D eigenvalue weighted by Gasteiger charge is -2.15. The molecule has 15 heavy (non-hydrogen) atoms. The number of benzene rings is 1. The SMILES string of the molecule is CC(C)CCC(CBr)Cc1ccccc1. The Balaban J connectivity index is 2.40. The molecule has 0 fully saturated rings. The summed E-state index contributed by atoms with van der Waals surface area (Å²) >= 11 is 3.62. The molecule has 0 spiro atoms. The van der Waals surface area contributed by atoms with E-state index in [1.165, 1.54) is 24.8 Å². The molecule has 1 aromatic carbocycles. The van der Waals surface area contributed by atoms with Crippen LogP contribution in [0.4, 0.5) is 0 Å². The minimum Gasteiger partial charge on any atom is -0.0925 e. The number of halogens is 1. The van der Waals surface area contributed by atoms with E-state index in [1.807, 2.05) is 0 Å². The Kier molecular flexibility index (Phi) is 6.00. The van der Waals surface area contributed by atoms with E-state index in [4.69, 9.17) is 0 Å². The first-order valence-electron chi connectivity index (χ1n) is 5.82. The van der Waals surface area contributed by atoms with Gasteiger partial charge in [0.05, 0.1) is 0 Å². The van der Waals surface area contributed by atoms with Crippen LogP contribution in [0.25, 0.3) is 0 Å². The molecule has 1 atom stereocenters. The smallest absolute Gasteiger partial charge is 0.00628 e. The molecule has 1 rings (SSSR count). The van der Waals surface area contributed by atoms with E-state index in [1.54, 1.807) is 0 Å². The molecule has 0 aromatic heterocycles. The van der Waals surface area contributed by atoms with Crippen molar-refractivity contribution in [1.29, 1.82) is 0 Å². The van der Waals surface area contributed by atoms with E-state index in [0.717, 1.165) is 17.2 Å². The van der Waals surface area contributed by atoms with Crippen LogP contribution in [-0.2, 0) is 6.42 Å². The fourth-order valence-electron chi connectivity index (χ4n) is 1.75. The minimum atomic E-state index is 0.787. The summed E-state index contributed by atoms with van der Waals surface area (Å²) in [6, 6.07) is 10.8. The van der Waals surface area contributed by atoms with Crippen LogP contribution in [0.2, 0.25) is 0 Å². The molecule has 0 bridgehead atoms. The van der Waals surface area contributed by atoms with E-state index in [9.17, 15) is 0 Å².